The van der Waals surface area contributed by atoms with E-state index in [1.165, 1.54) is 4.90 Å². The third-order valence-electron chi connectivity index (χ3n) is 6.05. The van der Waals surface area contributed by atoms with E-state index in [2.05, 4.69) is 11.4 Å². The number of urea groups is 1. The summed E-state index contributed by atoms with van der Waals surface area (Å²) in [6.07, 6.45) is 4.23. The summed E-state index contributed by atoms with van der Waals surface area (Å²) in [5.74, 6) is -0.208. The standard InChI is InChI=1S/C23H25N3O2/c24-14-20-22(19-13-7-6-12-18(19)16-8-2-1-3-9-16)21(15-27)26(20)23(28)25-17-10-4-5-11-17/h1-3,6-9,12-13,17,20-22,27H,4-5,10-11,15H2,(H,25,28)/t20-,21+,22-/m0/s1. The minimum absolute atomic E-state index is 0.163. The number of benzene rings is 2. The van der Waals surface area contributed by atoms with Gasteiger partial charge in [0.2, 0.25) is 0 Å². The van der Waals surface area contributed by atoms with Gasteiger partial charge in [0.15, 0.2) is 0 Å². The van der Waals surface area contributed by atoms with Gasteiger partial charge >= 0.3 is 6.03 Å². The van der Waals surface area contributed by atoms with Gasteiger partial charge in [0.05, 0.1) is 18.7 Å². The first-order valence-electron chi connectivity index (χ1n) is 9.98. The van der Waals surface area contributed by atoms with Gasteiger partial charge in [0.1, 0.15) is 6.04 Å². The van der Waals surface area contributed by atoms with Crippen molar-refractivity contribution in [2.75, 3.05) is 6.61 Å². The molecular weight excluding hydrogens is 350 g/mol. The zero-order valence-electron chi connectivity index (χ0n) is 15.8. The number of rotatable bonds is 4. The fraction of sp³-hybridized carbons (Fsp3) is 0.391. The fourth-order valence-electron chi connectivity index (χ4n) is 4.65. The van der Waals surface area contributed by atoms with E-state index in [0.717, 1.165) is 42.4 Å². The first-order chi connectivity index (χ1) is 13.7. The van der Waals surface area contributed by atoms with Crippen molar-refractivity contribution >= 4 is 6.03 Å². The van der Waals surface area contributed by atoms with Crippen LogP contribution in [0.25, 0.3) is 11.1 Å². The van der Waals surface area contributed by atoms with Crippen molar-refractivity contribution in [1.29, 1.82) is 5.26 Å². The molecule has 2 fully saturated rings. The Hall–Kier alpha value is -2.84. The number of nitrogens with one attached hydrogen (secondary N) is 1. The molecule has 4 rings (SSSR count). The molecule has 2 aromatic carbocycles. The average molecular weight is 375 g/mol. The van der Waals surface area contributed by atoms with Crippen LogP contribution in [-0.2, 0) is 0 Å². The molecule has 0 radical (unpaired) electrons. The molecular formula is C23H25N3O2. The number of hydrogen-bond acceptors (Lipinski definition) is 3. The number of amides is 2. The number of aliphatic hydroxyl groups excluding tert-OH is 1. The van der Waals surface area contributed by atoms with Crippen LogP contribution in [0.4, 0.5) is 4.79 Å². The van der Waals surface area contributed by atoms with E-state index in [4.69, 9.17) is 0 Å². The molecule has 2 amide bonds. The minimum Gasteiger partial charge on any atom is -0.394 e. The molecule has 0 unspecified atom stereocenters. The number of nitrogens with zero attached hydrogens (tertiary/aromatic N) is 2. The van der Waals surface area contributed by atoms with Crippen molar-refractivity contribution in [3.63, 3.8) is 0 Å². The van der Waals surface area contributed by atoms with Gasteiger partial charge < -0.3 is 15.3 Å². The van der Waals surface area contributed by atoms with E-state index >= 15 is 0 Å². The summed E-state index contributed by atoms with van der Waals surface area (Å²) in [4.78, 5) is 14.3. The number of nitriles is 1. The molecule has 0 aromatic heterocycles. The highest BCUT2D eigenvalue weighted by Crippen LogP contribution is 2.44. The topological polar surface area (TPSA) is 76.4 Å². The Morgan fingerprint density at radius 1 is 1.11 bits per heavy atom. The van der Waals surface area contributed by atoms with Crippen LogP contribution in [0.15, 0.2) is 54.6 Å². The van der Waals surface area contributed by atoms with Crippen molar-refractivity contribution in [2.45, 2.75) is 49.7 Å². The Morgan fingerprint density at radius 2 is 1.79 bits per heavy atom. The summed E-state index contributed by atoms with van der Waals surface area (Å²) >= 11 is 0. The molecule has 1 aliphatic carbocycles. The summed E-state index contributed by atoms with van der Waals surface area (Å²) in [6, 6.07) is 19.3. The summed E-state index contributed by atoms with van der Waals surface area (Å²) in [5.41, 5.74) is 3.12. The molecule has 0 bridgehead atoms. The number of carbonyl (C=O) groups is 1. The van der Waals surface area contributed by atoms with Crippen LogP contribution in [-0.4, -0.2) is 40.8 Å². The Bertz CT molecular complexity index is 871. The summed E-state index contributed by atoms with van der Waals surface area (Å²) in [7, 11) is 0. The average Bonchev–Trinajstić information content (AvgIpc) is 3.22. The maximum atomic E-state index is 12.8. The molecule has 5 heteroatoms. The molecule has 144 valence electrons. The SMILES string of the molecule is N#C[C@H]1[C@H](c2ccccc2-c2ccccc2)[C@@H](CO)N1C(=O)NC1CCCC1. The quantitative estimate of drug-likeness (QED) is 0.856. The molecule has 28 heavy (non-hydrogen) atoms. The second kappa shape index (κ2) is 8.04. The molecule has 1 saturated heterocycles. The molecule has 3 atom stereocenters. The lowest BCUT2D eigenvalue weighted by Crippen LogP contribution is -2.67. The van der Waals surface area contributed by atoms with Crippen LogP contribution in [0.1, 0.15) is 37.2 Å². The maximum Gasteiger partial charge on any atom is 0.319 e. The zero-order chi connectivity index (χ0) is 19.5. The molecule has 1 heterocycles. The Morgan fingerprint density at radius 3 is 2.46 bits per heavy atom. The largest absolute Gasteiger partial charge is 0.394 e. The third-order valence-corrected chi connectivity index (χ3v) is 6.05. The van der Waals surface area contributed by atoms with Crippen molar-refractivity contribution in [3.8, 4) is 17.2 Å². The number of carbonyl (C=O) groups excluding carboxylic acids is 1. The van der Waals surface area contributed by atoms with E-state index in [-0.39, 0.29) is 24.6 Å². The van der Waals surface area contributed by atoms with Crippen molar-refractivity contribution in [3.05, 3.63) is 60.2 Å². The maximum absolute atomic E-state index is 12.8. The van der Waals surface area contributed by atoms with Crippen LogP contribution in [0, 0.1) is 11.3 Å². The van der Waals surface area contributed by atoms with Crippen LogP contribution >= 0.6 is 0 Å². The number of hydrogen-bond donors (Lipinski definition) is 2. The van der Waals surface area contributed by atoms with Gasteiger partial charge in [-0.2, -0.15) is 5.26 Å². The molecule has 2 aliphatic rings. The highest BCUT2D eigenvalue weighted by atomic mass is 16.3. The molecule has 2 aromatic rings. The Kier molecular flexibility index (Phi) is 5.31. The third kappa shape index (κ3) is 3.25. The lowest BCUT2D eigenvalue weighted by Gasteiger charge is -2.52. The Labute approximate surface area is 165 Å². The van der Waals surface area contributed by atoms with Crippen molar-refractivity contribution < 1.29 is 9.90 Å². The predicted octanol–water partition coefficient (Wildman–Crippen LogP) is 3.66. The monoisotopic (exact) mass is 375 g/mol. The van der Waals surface area contributed by atoms with Crippen LogP contribution in [0.3, 0.4) is 0 Å². The van der Waals surface area contributed by atoms with Crippen LogP contribution in [0.5, 0.6) is 0 Å². The van der Waals surface area contributed by atoms with E-state index in [0.29, 0.717) is 0 Å². The highest BCUT2D eigenvalue weighted by molar-refractivity contribution is 5.79. The smallest absolute Gasteiger partial charge is 0.319 e. The molecule has 1 saturated carbocycles. The summed E-state index contributed by atoms with van der Waals surface area (Å²) < 4.78 is 0. The second-order valence-electron chi connectivity index (χ2n) is 7.64. The van der Waals surface area contributed by atoms with E-state index in [1.807, 2.05) is 54.6 Å². The predicted molar refractivity (Wildman–Crippen MR) is 108 cm³/mol. The summed E-state index contributed by atoms with van der Waals surface area (Å²) in [5, 5.41) is 22.9. The van der Waals surface area contributed by atoms with Gasteiger partial charge in [0.25, 0.3) is 0 Å². The van der Waals surface area contributed by atoms with Crippen molar-refractivity contribution in [1.82, 2.24) is 10.2 Å². The normalized spacial score (nSPS) is 24.4. The van der Waals surface area contributed by atoms with Gasteiger partial charge in [-0.15, -0.1) is 0 Å². The number of likely N-dealkylation sites (tertiary alicyclic amines) is 1. The molecule has 1 aliphatic heterocycles. The Balaban J connectivity index is 1.62. The van der Waals surface area contributed by atoms with Crippen molar-refractivity contribution in [2.24, 2.45) is 0 Å². The second-order valence-corrected chi connectivity index (χ2v) is 7.64. The molecule has 0 spiro atoms. The first kappa shape index (κ1) is 18.5. The van der Waals surface area contributed by atoms with Crippen LogP contribution < -0.4 is 5.32 Å². The van der Waals surface area contributed by atoms with E-state index < -0.39 is 12.1 Å². The molecule has 2 N–H and O–H groups in total. The number of aliphatic hydroxyl groups is 1. The first-order valence-corrected chi connectivity index (χ1v) is 9.98. The lowest BCUT2D eigenvalue weighted by molar-refractivity contribution is 0.0160. The summed E-state index contributed by atoms with van der Waals surface area (Å²) in [6.45, 7) is -0.163. The van der Waals surface area contributed by atoms with Gasteiger partial charge in [-0.25, -0.2) is 4.79 Å². The van der Waals surface area contributed by atoms with Gasteiger partial charge in [-0.3, -0.25) is 0 Å². The highest BCUT2D eigenvalue weighted by Gasteiger charge is 2.52. The van der Waals surface area contributed by atoms with Gasteiger partial charge in [-0.05, 0) is 29.5 Å². The van der Waals surface area contributed by atoms with Crippen LogP contribution in [0.2, 0.25) is 0 Å². The van der Waals surface area contributed by atoms with E-state index in [1.54, 1.807) is 0 Å². The minimum atomic E-state index is -0.580. The lowest BCUT2D eigenvalue weighted by atomic mass is 9.73. The van der Waals surface area contributed by atoms with E-state index in [9.17, 15) is 15.2 Å². The fourth-order valence-corrected chi connectivity index (χ4v) is 4.65. The van der Waals surface area contributed by atoms with Gasteiger partial charge in [-0.1, -0.05) is 67.4 Å². The zero-order valence-corrected chi connectivity index (χ0v) is 15.8. The van der Waals surface area contributed by atoms with Gasteiger partial charge in [0, 0.05) is 12.0 Å². The molecule has 5 nitrogen and oxygen atoms in total.